The number of methoxy groups -OCH3 is 1. The third kappa shape index (κ3) is 1.72. The molecule has 0 radical (unpaired) electrons. The van der Waals surface area contributed by atoms with Crippen LogP contribution in [0.4, 0.5) is 13.2 Å². The van der Waals surface area contributed by atoms with Crippen molar-refractivity contribution in [1.82, 2.24) is 0 Å². The van der Waals surface area contributed by atoms with Gasteiger partial charge in [-0.05, 0) is 15.9 Å². The van der Waals surface area contributed by atoms with Crippen molar-refractivity contribution in [3.8, 4) is 11.5 Å². The van der Waals surface area contributed by atoms with Crippen molar-refractivity contribution >= 4 is 21.9 Å². The number of carbonyl (C=O) groups excluding carboxylic acids is 1. The molecule has 17 heavy (non-hydrogen) atoms. The molecule has 1 aromatic carbocycles. The van der Waals surface area contributed by atoms with Gasteiger partial charge in [0.2, 0.25) is 0 Å². The van der Waals surface area contributed by atoms with Crippen LogP contribution in [0.5, 0.6) is 11.5 Å². The number of rotatable bonds is 1. The molecule has 1 heterocycles. The topological polar surface area (TPSA) is 44.8 Å². The highest BCUT2D eigenvalue weighted by Crippen LogP contribution is 2.46. The Morgan fingerprint density at radius 2 is 1.88 bits per heavy atom. The molecule has 92 valence electrons. The van der Waals surface area contributed by atoms with Gasteiger partial charge in [-0.15, -0.1) is 0 Å². The molecule has 4 nitrogen and oxygen atoms in total. The molecule has 0 saturated heterocycles. The minimum atomic E-state index is -2.23. The molecule has 0 saturated carbocycles. The molecule has 1 aliphatic rings. The van der Waals surface area contributed by atoms with E-state index in [1.54, 1.807) is 0 Å². The van der Waals surface area contributed by atoms with E-state index in [2.05, 4.69) is 30.1 Å². The van der Waals surface area contributed by atoms with Gasteiger partial charge in [0.15, 0.2) is 23.1 Å². The predicted octanol–water partition coefficient (Wildman–Crippen LogP) is 2.54. The second kappa shape index (κ2) is 4.10. The first-order chi connectivity index (χ1) is 7.97. The first-order valence-corrected chi connectivity index (χ1v) is 5.02. The number of hydrogen-bond donors (Lipinski definition) is 0. The quantitative estimate of drug-likeness (QED) is 0.590. The highest BCUT2D eigenvalue weighted by atomic mass is 79.9. The lowest BCUT2D eigenvalue weighted by atomic mass is 10.1. The number of halogens is 4. The third-order valence-corrected chi connectivity index (χ3v) is 2.76. The molecular weight excluding hydrogens is 309 g/mol. The third-order valence-electron chi connectivity index (χ3n) is 2.05. The van der Waals surface area contributed by atoms with Crippen LogP contribution in [-0.4, -0.2) is 19.6 Å². The SMILES string of the molecule is COC(=O)c1c(F)c(F)c(Br)c2c1OC(F)O2. The molecule has 0 bridgehead atoms. The lowest BCUT2D eigenvalue weighted by Crippen LogP contribution is -2.11. The maximum Gasteiger partial charge on any atom is 0.397 e. The van der Waals surface area contributed by atoms with Gasteiger partial charge in [0.05, 0.1) is 7.11 Å². The smallest absolute Gasteiger partial charge is 0.397 e. The highest BCUT2D eigenvalue weighted by molar-refractivity contribution is 9.10. The van der Waals surface area contributed by atoms with E-state index >= 15 is 0 Å². The summed E-state index contributed by atoms with van der Waals surface area (Å²) in [6, 6.07) is 0. The predicted molar refractivity (Wildman–Crippen MR) is 51.5 cm³/mol. The Balaban J connectivity index is 2.72. The van der Waals surface area contributed by atoms with Crippen molar-refractivity contribution in [3.63, 3.8) is 0 Å². The Hall–Kier alpha value is -1.44. The summed E-state index contributed by atoms with van der Waals surface area (Å²) in [4.78, 5) is 11.3. The van der Waals surface area contributed by atoms with Crippen molar-refractivity contribution in [3.05, 3.63) is 21.7 Å². The zero-order chi connectivity index (χ0) is 12.7. The monoisotopic (exact) mass is 312 g/mol. The molecule has 1 unspecified atom stereocenters. The van der Waals surface area contributed by atoms with Crippen LogP contribution in [0.25, 0.3) is 0 Å². The van der Waals surface area contributed by atoms with Crippen LogP contribution < -0.4 is 9.47 Å². The first-order valence-electron chi connectivity index (χ1n) is 4.23. The zero-order valence-corrected chi connectivity index (χ0v) is 9.81. The maximum atomic E-state index is 13.5. The molecular formula is C9H4BrF3O4. The summed E-state index contributed by atoms with van der Waals surface area (Å²) in [5.74, 6) is -5.03. The van der Waals surface area contributed by atoms with Gasteiger partial charge in [0.1, 0.15) is 10.0 Å². The number of ether oxygens (including phenoxy) is 3. The molecule has 0 fully saturated rings. The van der Waals surface area contributed by atoms with Crippen LogP contribution in [0.1, 0.15) is 10.4 Å². The average molecular weight is 313 g/mol. The fourth-order valence-electron chi connectivity index (χ4n) is 1.33. The average Bonchev–Trinajstić information content (AvgIpc) is 2.68. The molecule has 1 aromatic rings. The van der Waals surface area contributed by atoms with E-state index in [0.29, 0.717) is 0 Å². The number of hydrogen-bond acceptors (Lipinski definition) is 4. The normalized spacial score (nSPS) is 17.1. The summed E-state index contributed by atoms with van der Waals surface area (Å²) in [7, 11) is 0.969. The van der Waals surface area contributed by atoms with Gasteiger partial charge in [0, 0.05) is 0 Å². The molecule has 1 atom stereocenters. The molecule has 8 heteroatoms. The van der Waals surface area contributed by atoms with Crippen LogP contribution >= 0.6 is 15.9 Å². The molecule has 2 rings (SSSR count). The summed E-state index contributed by atoms with van der Waals surface area (Å²) in [5.41, 5.74) is -0.844. The van der Waals surface area contributed by atoms with Crippen molar-refractivity contribution in [2.75, 3.05) is 7.11 Å². The van der Waals surface area contributed by atoms with Gasteiger partial charge in [-0.3, -0.25) is 0 Å². The Labute approximate surface area is 101 Å². The lowest BCUT2D eigenvalue weighted by molar-refractivity contribution is -0.0657. The van der Waals surface area contributed by atoms with Gasteiger partial charge in [-0.1, -0.05) is 0 Å². The van der Waals surface area contributed by atoms with Crippen molar-refractivity contribution < 1.29 is 32.2 Å². The molecule has 0 aliphatic carbocycles. The number of benzene rings is 1. The minimum absolute atomic E-state index is 0.420. The maximum absolute atomic E-state index is 13.5. The first kappa shape index (κ1) is 12.0. The number of alkyl halides is 1. The second-order valence-electron chi connectivity index (χ2n) is 2.98. The fraction of sp³-hybridized carbons (Fsp3) is 0.222. The molecule has 0 N–H and O–H groups in total. The van der Waals surface area contributed by atoms with Gasteiger partial charge in [-0.2, -0.15) is 4.39 Å². The standard InChI is InChI=1S/C9H4BrF3O4/c1-15-8(14)2-4(11)5(12)3(10)7-6(2)16-9(13)17-7/h9H,1H3. The van der Waals surface area contributed by atoms with Crippen molar-refractivity contribution in [2.45, 2.75) is 6.54 Å². The van der Waals surface area contributed by atoms with Crippen molar-refractivity contribution in [2.24, 2.45) is 0 Å². The van der Waals surface area contributed by atoms with Crippen LogP contribution in [0, 0.1) is 11.6 Å². The largest absolute Gasteiger partial charge is 0.465 e. The van der Waals surface area contributed by atoms with Crippen LogP contribution in [0.15, 0.2) is 4.47 Å². The summed E-state index contributed by atoms with van der Waals surface area (Å²) < 4.78 is 52.4. The van der Waals surface area contributed by atoms with E-state index in [4.69, 9.17) is 0 Å². The van der Waals surface area contributed by atoms with E-state index in [-0.39, 0.29) is 0 Å². The Morgan fingerprint density at radius 1 is 1.29 bits per heavy atom. The van der Waals surface area contributed by atoms with Crippen LogP contribution in [-0.2, 0) is 4.74 Å². The summed E-state index contributed by atoms with van der Waals surface area (Å²) in [5, 5.41) is 0. The summed E-state index contributed by atoms with van der Waals surface area (Å²) >= 11 is 2.68. The van der Waals surface area contributed by atoms with E-state index in [9.17, 15) is 18.0 Å². The van der Waals surface area contributed by atoms with Gasteiger partial charge < -0.3 is 14.2 Å². The highest BCUT2D eigenvalue weighted by Gasteiger charge is 2.37. The fourth-order valence-corrected chi connectivity index (χ4v) is 1.78. The van der Waals surface area contributed by atoms with Crippen molar-refractivity contribution in [1.29, 1.82) is 0 Å². The molecule has 0 amide bonds. The van der Waals surface area contributed by atoms with Crippen LogP contribution in [0.2, 0.25) is 0 Å². The number of fused-ring (bicyclic) bond motifs is 1. The number of esters is 1. The van der Waals surface area contributed by atoms with E-state index in [1.807, 2.05) is 0 Å². The van der Waals surface area contributed by atoms with E-state index < -0.39 is 45.7 Å². The molecule has 0 aromatic heterocycles. The molecule has 1 aliphatic heterocycles. The van der Waals surface area contributed by atoms with Gasteiger partial charge in [0.25, 0.3) is 0 Å². The Kier molecular flexibility index (Phi) is 2.90. The van der Waals surface area contributed by atoms with Gasteiger partial charge >= 0.3 is 12.5 Å². The second-order valence-corrected chi connectivity index (χ2v) is 3.77. The Morgan fingerprint density at radius 3 is 2.47 bits per heavy atom. The van der Waals surface area contributed by atoms with E-state index in [1.165, 1.54) is 0 Å². The molecule has 0 spiro atoms. The van der Waals surface area contributed by atoms with Gasteiger partial charge in [-0.25, -0.2) is 13.6 Å². The summed E-state index contributed by atoms with van der Waals surface area (Å²) in [6.45, 7) is -2.23. The number of carbonyl (C=O) groups is 1. The van der Waals surface area contributed by atoms with E-state index in [0.717, 1.165) is 7.11 Å². The lowest BCUT2D eigenvalue weighted by Gasteiger charge is -2.07. The van der Waals surface area contributed by atoms with Crippen LogP contribution in [0.3, 0.4) is 0 Å². The summed E-state index contributed by atoms with van der Waals surface area (Å²) in [6.07, 6.45) is 0. The minimum Gasteiger partial charge on any atom is -0.465 e. The Bertz CT molecular complexity index is 506. The zero-order valence-electron chi connectivity index (χ0n) is 8.22.